The molecular formula is C17H27Cl2N3. The number of nitrogens with zero attached hydrogens (tertiary/aromatic N) is 2. The molecule has 124 valence electrons. The Morgan fingerprint density at radius 1 is 1.23 bits per heavy atom. The lowest BCUT2D eigenvalue weighted by atomic mass is 9.97. The average Bonchev–Trinajstić information content (AvgIpc) is 2.52. The summed E-state index contributed by atoms with van der Waals surface area (Å²) in [6.07, 6.45) is 5.01. The summed E-state index contributed by atoms with van der Waals surface area (Å²) in [6.45, 7) is 6.60. The van der Waals surface area contributed by atoms with E-state index in [9.17, 15) is 0 Å². The van der Waals surface area contributed by atoms with Gasteiger partial charge in [0.2, 0.25) is 0 Å². The minimum absolute atomic E-state index is 0. The van der Waals surface area contributed by atoms with E-state index in [4.69, 9.17) is 5.26 Å². The van der Waals surface area contributed by atoms with E-state index in [0.29, 0.717) is 6.04 Å². The molecule has 2 rings (SSSR count). The molecule has 0 aromatic heterocycles. The van der Waals surface area contributed by atoms with Gasteiger partial charge < -0.3 is 5.32 Å². The minimum Gasteiger partial charge on any atom is -0.314 e. The van der Waals surface area contributed by atoms with E-state index in [1.807, 2.05) is 12.1 Å². The number of piperazine rings is 1. The van der Waals surface area contributed by atoms with Crippen molar-refractivity contribution in [1.29, 1.82) is 5.26 Å². The first-order valence-electron chi connectivity index (χ1n) is 7.80. The number of hydrogen-bond donors (Lipinski definition) is 1. The Morgan fingerprint density at radius 3 is 2.59 bits per heavy atom. The van der Waals surface area contributed by atoms with E-state index in [2.05, 4.69) is 35.3 Å². The molecule has 1 N–H and O–H groups in total. The predicted molar refractivity (Wildman–Crippen MR) is 97.0 cm³/mol. The highest BCUT2D eigenvalue weighted by atomic mass is 35.5. The van der Waals surface area contributed by atoms with Gasteiger partial charge in [-0.25, -0.2) is 0 Å². The molecule has 1 aromatic carbocycles. The molecule has 0 saturated carbocycles. The zero-order valence-electron chi connectivity index (χ0n) is 13.3. The molecule has 3 nitrogen and oxygen atoms in total. The van der Waals surface area contributed by atoms with Gasteiger partial charge in [-0.3, -0.25) is 4.90 Å². The third-order valence-electron chi connectivity index (χ3n) is 4.07. The van der Waals surface area contributed by atoms with Gasteiger partial charge in [-0.2, -0.15) is 5.26 Å². The fourth-order valence-electron chi connectivity index (χ4n) is 2.96. The summed E-state index contributed by atoms with van der Waals surface area (Å²) in [6, 6.07) is 10.9. The van der Waals surface area contributed by atoms with Crippen molar-refractivity contribution in [3.63, 3.8) is 0 Å². The second-order valence-corrected chi connectivity index (χ2v) is 5.53. The van der Waals surface area contributed by atoms with Crippen LogP contribution in [0.1, 0.15) is 49.8 Å². The molecule has 1 atom stereocenters. The molecule has 1 aromatic rings. The number of benzene rings is 1. The van der Waals surface area contributed by atoms with Crippen LogP contribution in [0.25, 0.3) is 0 Å². The molecule has 5 heteroatoms. The lowest BCUT2D eigenvalue weighted by molar-refractivity contribution is 0.162. The zero-order chi connectivity index (χ0) is 14.2. The Labute approximate surface area is 146 Å². The standard InChI is InChI=1S/C17H25N3.2ClH/c1-2-3-4-8-17(20-11-9-19-10-12-20)16-7-5-6-15(13-16)14-18;;/h5-7,13,17,19H,2-4,8-12H2,1H3;2*1H/t17-;;/m0../s1. The molecule has 0 radical (unpaired) electrons. The number of hydrogen-bond acceptors (Lipinski definition) is 3. The van der Waals surface area contributed by atoms with Crippen LogP contribution in [0.15, 0.2) is 24.3 Å². The second-order valence-electron chi connectivity index (χ2n) is 5.53. The quantitative estimate of drug-likeness (QED) is 0.795. The third-order valence-corrected chi connectivity index (χ3v) is 4.07. The van der Waals surface area contributed by atoms with Crippen LogP contribution in [0, 0.1) is 11.3 Å². The molecule has 1 aliphatic heterocycles. The normalized spacial score (nSPS) is 16.0. The lowest BCUT2D eigenvalue weighted by Gasteiger charge is -2.35. The number of rotatable bonds is 6. The predicted octanol–water partition coefficient (Wildman–Crippen LogP) is 3.93. The number of nitrogens with one attached hydrogen (secondary N) is 1. The molecule has 0 aliphatic carbocycles. The van der Waals surface area contributed by atoms with E-state index in [1.165, 1.54) is 31.2 Å². The fraction of sp³-hybridized carbons (Fsp3) is 0.588. The Kier molecular flexibility index (Phi) is 11.3. The van der Waals surface area contributed by atoms with Gasteiger partial charge in [-0.1, -0.05) is 38.3 Å². The van der Waals surface area contributed by atoms with Crippen LogP contribution in [0.3, 0.4) is 0 Å². The summed E-state index contributed by atoms with van der Waals surface area (Å²) in [5, 5.41) is 12.5. The van der Waals surface area contributed by atoms with Crippen LogP contribution < -0.4 is 5.32 Å². The Morgan fingerprint density at radius 2 is 1.95 bits per heavy atom. The lowest BCUT2D eigenvalue weighted by Crippen LogP contribution is -2.45. The molecule has 1 saturated heterocycles. The van der Waals surface area contributed by atoms with Crippen LogP contribution >= 0.6 is 24.8 Å². The van der Waals surface area contributed by atoms with Crippen LogP contribution in [-0.2, 0) is 0 Å². The van der Waals surface area contributed by atoms with Crippen molar-refractivity contribution < 1.29 is 0 Å². The van der Waals surface area contributed by atoms with Gasteiger partial charge in [0.25, 0.3) is 0 Å². The van der Waals surface area contributed by atoms with Crippen LogP contribution in [0.4, 0.5) is 0 Å². The molecule has 0 bridgehead atoms. The van der Waals surface area contributed by atoms with E-state index >= 15 is 0 Å². The molecule has 22 heavy (non-hydrogen) atoms. The van der Waals surface area contributed by atoms with Crippen LogP contribution in [0.2, 0.25) is 0 Å². The Hall–Kier alpha value is -0.790. The van der Waals surface area contributed by atoms with Gasteiger partial charge in [0, 0.05) is 32.2 Å². The van der Waals surface area contributed by atoms with E-state index < -0.39 is 0 Å². The summed E-state index contributed by atoms with van der Waals surface area (Å²) in [7, 11) is 0. The highest BCUT2D eigenvalue weighted by molar-refractivity contribution is 5.85. The summed E-state index contributed by atoms with van der Waals surface area (Å²) in [5.41, 5.74) is 2.08. The van der Waals surface area contributed by atoms with Crippen molar-refractivity contribution in [3.05, 3.63) is 35.4 Å². The summed E-state index contributed by atoms with van der Waals surface area (Å²) < 4.78 is 0. The molecular weight excluding hydrogens is 317 g/mol. The van der Waals surface area contributed by atoms with Crippen molar-refractivity contribution in [3.8, 4) is 6.07 Å². The fourth-order valence-corrected chi connectivity index (χ4v) is 2.96. The average molecular weight is 344 g/mol. The number of halogens is 2. The van der Waals surface area contributed by atoms with Gasteiger partial charge in [0.05, 0.1) is 11.6 Å². The topological polar surface area (TPSA) is 39.1 Å². The minimum atomic E-state index is 0. The van der Waals surface area contributed by atoms with E-state index in [-0.39, 0.29) is 24.8 Å². The Bertz CT molecular complexity index is 453. The zero-order valence-corrected chi connectivity index (χ0v) is 14.9. The maximum Gasteiger partial charge on any atom is 0.0991 e. The molecule has 0 spiro atoms. The second kappa shape index (κ2) is 11.7. The monoisotopic (exact) mass is 343 g/mol. The largest absolute Gasteiger partial charge is 0.314 e. The molecule has 1 aliphatic rings. The highest BCUT2D eigenvalue weighted by Crippen LogP contribution is 2.27. The van der Waals surface area contributed by atoms with E-state index in [0.717, 1.165) is 31.7 Å². The maximum absolute atomic E-state index is 9.09. The first-order valence-corrected chi connectivity index (χ1v) is 7.80. The summed E-state index contributed by atoms with van der Waals surface area (Å²) in [4.78, 5) is 2.57. The van der Waals surface area contributed by atoms with Crippen molar-refractivity contribution in [1.82, 2.24) is 10.2 Å². The third kappa shape index (κ3) is 6.14. The summed E-state index contributed by atoms with van der Waals surface area (Å²) in [5.74, 6) is 0. The van der Waals surface area contributed by atoms with Crippen molar-refractivity contribution in [2.75, 3.05) is 26.2 Å². The Balaban J connectivity index is 0.00000220. The number of nitriles is 1. The van der Waals surface area contributed by atoms with Gasteiger partial charge >= 0.3 is 0 Å². The number of unbranched alkanes of at least 4 members (excludes halogenated alkanes) is 2. The van der Waals surface area contributed by atoms with Gasteiger partial charge in [-0.15, -0.1) is 24.8 Å². The SMILES string of the molecule is CCCCC[C@@H](c1cccc(C#N)c1)N1CCNCC1.Cl.Cl. The summed E-state index contributed by atoms with van der Waals surface area (Å²) >= 11 is 0. The molecule has 0 unspecified atom stereocenters. The van der Waals surface area contributed by atoms with Crippen LogP contribution in [0.5, 0.6) is 0 Å². The van der Waals surface area contributed by atoms with Gasteiger partial charge in [0.15, 0.2) is 0 Å². The van der Waals surface area contributed by atoms with Crippen molar-refractivity contribution in [2.45, 2.75) is 38.6 Å². The molecule has 0 amide bonds. The first-order chi connectivity index (χ1) is 9.85. The van der Waals surface area contributed by atoms with Crippen LogP contribution in [-0.4, -0.2) is 31.1 Å². The molecule has 1 fully saturated rings. The maximum atomic E-state index is 9.09. The smallest absolute Gasteiger partial charge is 0.0991 e. The van der Waals surface area contributed by atoms with Crippen molar-refractivity contribution >= 4 is 24.8 Å². The molecule has 1 heterocycles. The highest BCUT2D eigenvalue weighted by Gasteiger charge is 2.21. The van der Waals surface area contributed by atoms with Gasteiger partial charge in [0.1, 0.15) is 0 Å². The first kappa shape index (κ1) is 21.2. The van der Waals surface area contributed by atoms with Crippen molar-refractivity contribution in [2.24, 2.45) is 0 Å². The van der Waals surface area contributed by atoms with Gasteiger partial charge in [-0.05, 0) is 24.1 Å². The van der Waals surface area contributed by atoms with E-state index in [1.54, 1.807) is 0 Å².